The van der Waals surface area contributed by atoms with Gasteiger partial charge in [0.1, 0.15) is 6.04 Å². The monoisotopic (exact) mass is 459 g/mol. The van der Waals surface area contributed by atoms with E-state index in [2.05, 4.69) is 10.1 Å². The smallest absolute Gasteiger partial charge is 0.337 e. The molecule has 0 saturated carbocycles. The van der Waals surface area contributed by atoms with Crippen LogP contribution in [0.25, 0.3) is 0 Å². The van der Waals surface area contributed by atoms with Crippen LogP contribution in [0.15, 0.2) is 48.5 Å². The number of benzene rings is 2. The fourth-order valence-corrected chi connectivity index (χ4v) is 3.43. The minimum absolute atomic E-state index is 0.150. The van der Waals surface area contributed by atoms with Crippen LogP contribution < -0.4 is 10.2 Å². The molecule has 1 N–H and O–H groups in total. The highest BCUT2D eigenvalue weighted by Crippen LogP contribution is 2.28. The fraction of sp³-hybridized carbons (Fsp3) is 0.273. The maximum absolute atomic E-state index is 13.1. The van der Waals surface area contributed by atoms with E-state index in [9.17, 15) is 19.2 Å². The van der Waals surface area contributed by atoms with Crippen molar-refractivity contribution in [3.05, 3.63) is 59.1 Å². The molecule has 4 amide bonds. The van der Waals surface area contributed by atoms with Crippen molar-refractivity contribution in [3.8, 4) is 0 Å². The number of carbonyl (C=O) groups excluding carboxylic acids is 4. The SMILES string of the molecule is COCCN1C(=O)N(c2ccc(Cl)cc2)C(=O)C1CC(=O)Nc1ccc(C(=O)OC)cc1. The molecular formula is C22H22ClN3O6. The molecule has 0 radical (unpaired) electrons. The Hall–Kier alpha value is -3.43. The summed E-state index contributed by atoms with van der Waals surface area (Å²) in [5.74, 6) is -1.46. The van der Waals surface area contributed by atoms with Crippen molar-refractivity contribution in [3.63, 3.8) is 0 Å². The Morgan fingerprint density at radius 2 is 1.69 bits per heavy atom. The van der Waals surface area contributed by atoms with E-state index in [-0.39, 0.29) is 19.6 Å². The van der Waals surface area contributed by atoms with E-state index in [0.717, 1.165) is 4.90 Å². The third-order valence-corrected chi connectivity index (χ3v) is 5.16. The summed E-state index contributed by atoms with van der Waals surface area (Å²) < 4.78 is 9.69. The van der Waals surface area contributed by atoms with Crippen molar-refractivity contribution in [1.29, 1.82) is 0 Å². The van der Waals surface area contributed by atoms with Crippen LogP contribution in [-0.4, -0.2) is 62.1 Å². The molecule has 2 aromatic rings. The number of amides is 4. The minimum atomic E-state index is -0.984. The highest BCUT2D eigenvalue weighted by molar-refractivity contribution is 6.30. The number of hydrogen-bond acceptors (Lipinski definition) is 6. The van der Waals surface area contributed by atoms with E-state index in [1.165, 1.54) is 31.3 Å². The first kappa shape index (κ1) is 23.2. The summed E-state index contributed by atoms with van der Waals surface area (Å²) in [5, 5.41) is 3.15. The normalized spacial score (nSPS) is 15.8. The zero-order valence-corrected chi connectivity index (χ0v) is 18.3. The maximum Gasteiger partial charge on any atom is 0.337 e. The molecule has 2 aromatic carbocycles. The Morgan fingerprint density at radius 3 is 2.28 bits per heavy atom. The molecule has 1 unspecified atom stereocenters. The van der Waals surface area contributed by atoms with E-state index >= 15 is 0 Å². The van der Waals surface area contributed by atoms with Gasteiger partial charge in [-0.25, -0.2) is 14.5 Å². The van der Waals surface area contributed by atoms with Gasteiger partial charge in [0.2, 0.25) is 5.91 Å². The van der Waals surface area contributed by atoms with Gasteiger partial charge in [-0.15, -0.1) is 0 Å². The predicted octanol–water partition coefficient (Wildman–Crippen LogP) is 2.94. The molecule has 1 aliphatic heterocycles. The molecule has 0 spiro atoms. The van der Waals surface area contributed by atoms with Crippen molar-refractivity contribution in [2.24, 2.45) is 0 Å². The third kappa shape index (κ3) is 5.06. The number of imide groups is 1. The number of nitrogens with zero attached hydrogens (tertiary/aromatic N) is 2. The molecule has 9 nitrogen and oxygen atoms in total. The Morgan fingerprint density at radius 1 is 1.03 bits per heavy atom. The standard InChI is InChI=1S/C22H22ClN3O6/c1-31-12-11-25-18(20(28)26(22(25)30)17-9-5-15(23)6-10-17)13-19(27)24-16-7-3-14(4-8-16)21(29)32-2/h3-10,18H,11-13H2,1-2H3,(H,24,27). The fourth-order valence-electron chi connectivity index (χ4n) is 3.30. The zero-order chi connectivity index (χ0) is 23.3. The minimum Gasteiger partial charge on any atom is -0.465 e. The lowest BCUT2D eigenvalue weighted by atomic mass is 10.1. The van der Waals surface area contributed by atoms with Gasteiger partial charge in [0.15, 0.2) is 0 Å². The van der Waals surface area contributed by atoms with Gasteiger partial charge in [-0.1, -0.05) is 11.6 Å². The molecule has 10 heteroatoms. The van der Waals surface area contributed by atoms with Gasteiger partial charge in [0.25, 0.3) is 5.91 Å². The van der Waals surface area contributed by atoms with Gasteiger partial charge in [0.05, 0.1) is 31.4 Å². The van der Waals surface area contributed by atoms with E-state index in [4.69, 9.17) is 16.3 Å². The topological polar surface area (TPSA) is 105 Å². The second kappa shape index (κ2) is 10.3. The van der Waals surface area contributed by atoms with E-state index in [0.29, 0.717) is 22.0 Å². The van der Waals surface area contributed by atoms with Crippen LogP contribution in [0.2, 0.25) is 5.02 Å². The van der Waals surface area contributed by atoms with Crippen LogP contribution in [0.1, 0.15) is 16.8 Å². The summed E-state index contributed by atoms with van der Waals surface area (Å²) in [6, 6.07) is 10.9. The summed E-state index contributed by atoms with van der Waals surface area (Å²) >= 11 is 5.90. The number of ether oxygens (including phenoxy) is 2. The number of esters is 1. The van der Waals surface area contributed by atoms with Gasteiger partial charge < -0.3 is 19.7 Å². The summed E-state index contributed by atoms with van der Waals surface area (Å²) in [7, 11) is 2.76. The van der Waals surface area contributed by atoms with Gasteiger partial charge in [-0.3, -0.25) is 9.59 Å². The first-order valence-electron chi connectivity index (χ1n) is 9.73. The molecule has 0 aliphatic carbocycles. The molecule has 1 heterocycles. The summed E-state index contributed by atoms with van der Waals surface area (Å²) in [6.45, 7) is 0.359. The number of nitrogens with one attached hydrogen (secondary N) is 1. The molecule has 1 atom stereocenters. The average molecular weight is 460 g/mol. The van der Waals surface area contributed by atoms with Gasteiger partial charge in [-0.2, -0.15) is 0 Å². The largest absolute Gasteiger partial charge is 0.465 e. The maximum atomic E-state index is 13.1. The molecular weight excluding hydrogens is 438 g/mol. The quantitative estimate of drug-likeness (QED) is 0.480. The van der Waals surface area contributed by atoms with Gasteiger partial charge in [0, 0.05) is 24.4 Å². The van der Waals surface area contributed by atoms with E-state index in [1.54, 1.807) is 36.4 Å². The number of anilines is 2. The highest BCUT2D eigenvalue weighted by Gasteiger charge is 2.46. The van der Waals surface area contributed by atoms with Crippen molar-refractivity contribution in [1.82, 2.24) is 4.90 Å². The first-order chi connectivity index (χ1) is 15.3. The lowest BCUT2D eigenvalue weighted by molar-refractivity contribution is -0.124. The number of methoxy groups -OCH3 is 2. The second-order valence-electron chi connectivity index (χ2n) is 6.96. The van der Waals surface area contributed by atoms with E-state index < -0.39 is 29.9 Å². The lowest BCUT2D eigenvalue weighted by Gasteiger charge is -2.21. The molecule has 168 valence electrons. The Labute approximate surface area is 189 Å². The van der Waals surface area contributed by atoms with Crippen LogP contribution in [0.5, 0.6) is 0 Å². The second-order valence-corrected chi connectivity index (χ2v) is 7.39. The zero-order valence-electron chi connectivity index (χ0n) is 17.5. The summed E-state index contributed by atoms with van der Waals surface area (Å²) in [5.41, 5.74) is 1.15. The van der Waals surface area contributed by atoms with Crippen molar-refractivity contribution in [2.45, 2.75) is 12.5 Å². The average Bonchev–Trinajstić information content (AvgIpc) is 3.01. The Kier molecular flexibility index (Phi) is 7.45. The predicted molar refractivity (Wildman–Crippen MR) is 118 cm³/mol. The summed E-state index contributed by atoms with van der Waals surface area (Å²) in [4.78, 5) is 52.6. The van der Waals surface area contributed by atoms with Crippen molar-refractivity contribution >= 4 is 46.8 Å². The molecule has 32 heavy (non-hydrogen) atoms. The Balaban J connectivity index is 1.75. The van der Waals surface area contributed by atoms with Crippen LogP contribution in [0, 0.1) is 0 Å². The van der Waals surface area contributed by atoms with E-state index in [1.807, 2.05) is 0 Å². The molecule has 0 aromatic heterocycles. The third-order valence-electron chi connectivity index (χ3n) is 4.91. The number of carbonyl (C=O) groups is 4. The van der Waals surface area contributed by atoms with Gasteiger partial charge >= 0.3 is 12.0 Å². The molecule has 1 saturated heterocycles. The van der Waals surface area contributed by atoms with Crippen LogP contribution >= 0.6 is 11.6 Å². The van der Waals surface area contributed by atoms with Crippen molar-refractivity contribution < 1.29 is 28.7 Å². The highest BCUT2D eigenvalue weighted by atomic mass is 35.5. The van der Waals surface area contributed by atoms with Crippen LogP contribution in [0.4, 0.5) is 16.2 Å². The number of rotatable bonds is 8. The lowest BCUT2D eigenvalue weighted by Crippen LogP contribution is -2.39. The van der Waals surface area contributed by atoms with Crippen LogP contribution in [-0.2, 0) is 19.1 Å². The molecule has 1 aliphatic rings. The molecule has 3 rings (SSSR count). The number of halogens is 1. The summed E-state index contributed by atoms with van der Waals surface area (Å²) in [6.07, 6.45) is -0.239. The Bertz CT molecular complexity index is 1010. The first-order valence-corrected chi connectivity index (χ1v) is 10.1. The molecule has 1 fully saturated rings. The molecule has 0 bridgehead atoms. The van der Waals surface area contributed by atoms with Crippen molar-refractivity contribution in [2.75, 3.05) is 37.6 Å². The van der Waals surface area contributed by atoms with Gasteiger partial charge in [-0.05, 0) is 48.5 Å². The number of hydrogen-bond donors (Lipinski definition) is 1. The number of urea groups is 1. The van der Waals surface area contributed by atoms with Crippen LogP contribution in [0.3, 0.4) is 0 Å².